The minimum absolute atomic E-state index is 0.251. The summed E-state index contributed by atoms with van der Waals surface area (Å²) in [5.74, 6) is -0.663. The van der Waals surface area contributed by atoms with Gasteiger partial charge in [0.05, 0.1) is 23.1 Å². The van der Waals surface area contributed by atoms with Crippen LogP contribution in [0, 0.1) is 6.92 Å². The second-order valence-electron chi connectivity index (χ2n) is 6.51. The molecule has 1 atom stereocenters. The molecule has 0 unspecified atom stereocenters. The summed E-state index contributed by atoms with van der Waals surface area (Å²) in [6, 6.07) is 14.5. The molecule has 0 aromatic heterocycles. The zero-order chi connectivity index (χ0) is 21.0. The van der Waals surface area contributed by atoms with Crippen molar-refractivity contribution >= 4 is 40.4 Å². The van der Waals surface area contributed by atoms with Crippen LogP contribution in [0.15, 0.2) is 64.8 Å². The highest BCUT2D eigenvalue weighted by Gasteiger charge is 2.32. The standard InChI is InChI=1S/C22H21ClN2O3S/c1-4-28-21(27)18-14(3)24-22(25-20(26)16-7-5-13(2)6-8-16)29-19(18)15-9-11-17(23)12-10-15/h5-12,19H,4H2,1-3H3,(H,24,25,26)/t19-/m1/s1. The molecule has 1 amide bonds. The second kappa shape index (κ2) is 9.29. The van der Waals surface area contributed by atoms with E-state index in [1.165, 1.54) is 11.8 Å². The van der Waals surface area contributed by atoms with E-state index in [-0.39, 0.29) is 17.8 Å². The fraction of sp³-hybridized carbons (Fsp3) is 0.227. The van der Waals surface area contributed by atoms with Crippen molar-refractivity contribution in [1.82, 2.24) is 5.32 Å². The van der Waals surface area contributed by atoms with E-state index in [2.05, 4.69) is 10.3 Å². The average Bonchev–Trinajstić information content (AvgIpc) is 2.68. The number of esters is 1. The number of nitrogens with zero attached hydrogens (tertiary/aromatic N) is 1. The molecule has 2 aromatic rings. The van der Waals surface area contributed by atoms with Crippen LogP contribution in [0.5, 0.6) is 0 Å². The number of halogens is 1. The molecule has 29 heavy (non-hydrogen) atoms. The van der Waals surface area contributed by atoms with Crippen molar-refractivity contribution in [3.8, 4) is 0 Å². The Hall–Kier alpha value is -2.57. The van der Waals surface area contributed by atoms with Gasteiger partial charge in [0.15, 0.2) is 5.17 Å². The van der Waals surface area contributed by atoms with Crippen LogP contribution in [0.2, 0.25) is 5.02 Å². The Morgan fingerprint density at radius 3 is 2.38 bits per heavy atom. The van der Waals surface area contributed by atoms with Gasteiger partial charge in [-0.1, -0.05) is 53.2 Å². The van der Waals surface area contributed by atoms with Crippen molar-refractivity contribution in [2.45, 2.75) is 26.0 Å². The SMILES string of the molecule is CCOC(=O)C1=C(C)N=C(NC(=O)c2ccc(C)cc2)S[C@@H]1c1ccc(Cl)cc1. The Morgan fingerprint density at radius 2 is 1.76 bits per heavy atom. The van der Waals surface area contributed by atoms with Gasteiger partial charge in [-0.25, -0.2) is 9.79 Å². The number of rotatable bonds is 4. The minimum Gasteiger partial charge on any atom is -0.463 e. The molecule has 1 N–H and O–H groups in total. The molecule has 0 bridgehead atoms. The maximum atomic E-state index is 12.6. The number of benzene rings is 2. The highest BCUT2D eigenvalue weighted by molar-refractivity contribution is 8.14. The maximum absolute atomic E-state index is 12.6. The zero-order valence-corrected chi connectivity index (χ0v) is 17.9. The number of nitrogens with one attached hydrogen (secondary N) is 1. The minimum atomic E-state index is -0.412. The van der Waals surface area contributed by atoms with E-state index in [0.717, 1.165) is 11.1 Å². The second-order valence-corrected chi connectivity index (χ2v) is 8.04. The number of amidine groups is 1. The lowest BCUT2D eigenvalue weighted by molar-refractivity contribution is -0.138. The third kappa shape index (κ3) is 5.08. The number of carbonyl (C=O) groups is 2. The molecule has 1 heterocycles. The number of hydrogen-bond donors (Lipinski definition) is 1. The van der Waals surface area contributed by atoms with E-state index in [0.29, 0.717) is 27.0 Å². The molecule has 7 heteroatoms. The van der Waals surface area contributed by atoms with Gasteiger partial charge in [0.25, 0.3) is 5.91 Å². The smallest absolute Gasteiger partial charge is 0.337 e. The van der Waals surface area contributed by atoms with Crippen molar-refractivity contribution in [3.05, 3.63) is 81.5 Å². The Balaban J connectivity index is 1.92. The number of hydrogen-bond acceptors (Lipinski definition) is 5. The van der Waals surface area contributed by atoms with Gasteiger partial charge in [-0.3, -0.25) is 4.79 Å². The number of carbonyl (C=O) groups excluding carboxylic acids is 2. The van der Waals surface area contributed by atoms with E-state index in [1.807, 2.05) is 31.2 Å². The van der Waals surface area contributed by atoms with Crippen molar-refractivity contribution in [2.75, 3.05) is 6.61 Å². The fourth-order valence-corrected chi connectivity index (χ4v) is 4.24. The fourth-order valence-electron chi connectivity index (χ4n) is 2.87. The lowest BCUT2D eigenvalue weighted by Gasteiger charge is -2.25. The number of amides is 1. The van der Waals surface area contributed by atoms with Crippen molar-refractivity contribution in [3.63, 3.8) is 0 Å². The summed E-state index contributed by atoms with van der Waals surface area (Å²) in [6.45, 7) is 5.74. The molecular formula is C22H21ClN2O3S. The topological polar surface area (TPSA) is 67.8 Å². The van der Waals surface area contributed by atoms with Crippen LogP contribution in [0.1, 0.15) is 40.6 Å². The molecule has 2 aromatic carbocycles. The third-order valence-corrected chi connectivity index (χ3v) is 5.77. The van der Waals surface area contributed by atoms with Gasteiger partial charge < -0.3 is 10.1 Å². The first kappa shape index (κ1) is 21.1. The van der Waals surface area contributed by atoms with Crippen LogP contribution in [-0.2, 0) is 9.53 Å². The molecule has 1 aliphatic heterocycles. The van der Waals surface area contributed by atoms with E-state index in [1.54, 1.807) is 38.1 Å². The van der Waals surface area contributed by atoms with E-state index in [4.69, 9.17) is 16.3 Å². The molecular weight excluding hydrogens is 408 g/mol. The Kier molecular flexibility index (Phi) is 6.77. The molecule has 5 nitrogen and oxygen atoms in total. The van der Waals surface area contributed by atoms with Gasteiger partial charge in [-0.2, -0.15) is 0 Å². The molecule has 150 valence electrons. The summed E-state index contributed by atoms with van der Waals surface area (Å²) < 4.78 is 5.23. The number of aliphatic imine (C=N–C) groups is 1. The summed E-state index contributed by atoms with van der Waals surface area (Å²) in [5, 5.41) is 3.52. The van der Waals surface area contributed by atoms with E-state index >= 15 is 0 Å². The number of aryl methyl sites for hydroxylation is 1. The quantitative estimate of drug-likeness (QED) is 0.691. The molecule has 3 rings (SSSR count). The predicted octanol–water partition coefficient (Wildman–Crippen LogP) is 5.06. The van der Waals surface area contributed by atoms with Gasteiger partial charge in [0.2, 0.25) is 0 Å². The highest BCUT2D eigenvalue weighted by Crippen LogP contribution is 2.42. The summed E-state index contributed by atoms with van der Waals surface area (Å²) >= 11 is 7.31. The molecule has 0 aliphatic carbocycles. The summed E-state index contributed by atoms with van der Waals surface area (Å²) in [5.41, 5.74) is 3.47. The Labute approximate surface area is 179 Å². The lowest BCUT2D eigenvalue weighted by atomic mass is 10.0. The zero-order valence-electron chi connectivity index (χ0n) is 16.4. The normalized spacial score (nSPS) is 16.3. The summed E-state index contributed by atoms with van der Waals surface area (Å²) in [7, 11) is 0. The lowest BCUT2D eigenvalue weighted by Crippen LogP contribution is -2.31. The number of thioether (sulfide) groups is 1. The largest absolute Gasteiger partial charge is 0.463 e. The molecule has 0 radical (unpaired) electrons. The van der Waals surface area contributed by atoms with Crippen molar-refractivity contribution in [1.29, 1.82) is 0 Å². The van der Waals surface area contributed by atoms with Crippen LogP contribution >= 0.6 is 23.4 Å². The van der Waals surface area contributed by atoms with Crippen molar-refractivity contribution < 1.29 is 14.3 Å². The third-order valence-electron chi connectivity index (χ3n) is 4.35. The summed E-state index contributed by atoms with van der Waals surface area (Å²) in [6.07, 6.45) is 0. The Morgan fingerprint density at radius 1 is 1.10 bits per heavy atom. The van der Waals surface area contributed by atoms with Gasteiger partial charge in [-0.05, 0) is 50.6 Å². The van der Waals surface area contributed by atoms with E-state index < -0.39 is 5.97 Å². The molecule has 0 fully saturated rings. The predicted molar refractivity (Wildman–Crippen MR) is 117 cm³/mol. The van der Waals surface area contributed by atoms with E-state index in [9.17, 15) is 9.59 Å². The maximum Gasteiger partial charge on any atom is 0.337 e. The first-order chi connectivity index (χ1) is 13.9. The van der Waals surface area contributed by atoms with Crippen LogP contribution in [0.3, 0.4) is 0 Å². The average molecular weight is 429 g/mol. The number of ether oxygens (including phenoxy) is 1. The summed E-state index contributed by atoms with van der Waals surface area (Å²) in [4.78, 5) is 29.6. The molecule has 0 spiro atoms. The van der Waals surface area contributed by atoms with Crippen molar-refractivity contribution in [2.24, 2.45) is 4.99 Å². The van der Waals surface area contributed by atoms with Gasteiger partial charge in [0, 0.05) is 10.6 Å². The van der Waals surface area contributed by atoms with Crippen LogP contribution in [0.25, 0.3) is 0 Å². The Bertz CT molecular complexity index is 982. The van der Waals surface area contributed by atoms with Crippen LogP contribution < -0.4 is 5.32 Å². The van der Waals surface area contributed by atoms with Gasteiger partial charge in [0.1, 0.15) is 0 Å². The first-order valence-corrected chi connectivity index (χ1v) is 10.4. The highest BCUT2D eigenvalue weighted by atomic mass is 35.5. The molecule has 0 saturated carbocycles. The van der Waals surface area contributed by atoms with Crippen LogP contribution in [0.4, 0.5) is 0 Å². The number of allylic oxidation sites excluding steroid dienone is 1. The van der Waals surface area contributed by atoms with Gasteiger partial charge in [-0.15, -0.1) is 0 Å². The van der Waals surface area contributed by atoms with Gasteiger partial charge >= 0.3 is 5.97 Å². The molecule has 1 aliphatic rings. The first-order valence-electron chi connectivity index (χ1n) is 9.15. The monoisotopic (exact) mass is 428 g/mol. The molecule has 0 saturated heterocycles. The van der Waals surface area contributed by atoms with Crippen LogP contribution in [-0.4, -0.2) is 23.7 Å².